The van der Waals surface area contributed by atoms with Gasteiger partial charge in [0, 0.05) is 0 Å². The van der Waals surface area contributed by atoms with Crippen LogP contribution in [0.15, 0.2) is 6.07 Å². The lowest BCUT2D eigenvalue weighted by atomic mass is 10.1. The lowest BCUT2D eigenvalue weighted by Gasteiger charge is -2.07. The van der Waals surface area contributed by atoms with Crippen molar-refractivity contribution in [3.63, 3.8) is 0 Å². The Balaban J connectivity index is 2.20. The Morgan fingerprint density at radius 3 is 2.44 bits per heavy atom. The number of hydrogen-bond acceptors (Lipinski definition) is 5. The number of hydrogen-bond donors (Lipinski definition) is 1. The molecule has 1 aromatic rings. The molecule has 0 unspecified atom stereocenters. The Labute approximate surface area is 109 Å². The highest BCUT2D eigenvalue weighted by atomic mass is 16.5. The van der Waals surface area contributed by atoms with E-state index in [1.54, 1.807) is 13.2 Å². The Bertz CT molecular complexity index is 345. The van der Waals surface area contributed by atoms with Crippen LogP contribution < -0.4 is 15.2 Å². The summed E-state index contributed by atoms with van der Waals surface area (Å²) < 4.78 is 10.5. The Morgan fingerprint density at radius 2 is 1.72 bits per heavy atom. The molecule has 18 heavy (non-hydrogen) atoms. The molecule has 0 spiro atoms. The van der Waals surface area contributed by atoms with E-state index in [1.165, 1.54) is 32.1 Å². The van der Waals surface area contributed by atoms with Gasteiger partial charge in [-0.25, -0.2) is 0 Å². The minimum Gasteiger partial charge on any atom is -0.481 e. The van der Waals surface area contributed by atoms with Gasteiger partial charge in [-0.05, 0) is 6.42 Å². The summed E-state index contributed by atoms with van der Waals surface area (Å²) in [4.78, 5) is 7.89. The van der Waals surface area contributed by atoms with Gasteiger partial charge in [0.15, 0.2) is 0 Å². The van der Waals surface area contributed by atoms with E-state index in [0.717, 1.165) is 6.42 Å². The highest BCUT2D eigenvalue weighted by molar-refractivity contribution is 5.29. The van der Waals surface area contributed by atoms with Crippen molar-refractivity contribution >= 4 is 5.95 Å². The first-order chi connectivity index (χ1) is 8.76. The molecule has 1 aromatic heterocycles. The first-order valence-corrected chi connectivity index (χ1v) is 6.57. The summed E-state index contributed by atoms with van der Waals surface area (Å²) in [5.74, 6) is 1.08. The molecule has 102 valence electrons. The quantitative estimate of drug-likeness (QED) is 0.685. The fourth-order valence-corrected chi connectivity index (χ4v) is 1.66. The number of unbranched alkanes of at least 4 members (excludes halogenated alkanes) is 5. The van der Waals surface area contributed by atoms with E-state index in [0.29, 0.717) is 18.4 Å². The standard InChI is InChI=1S/C13H23N3O2/c1-3-4-5-6-7-8-9-18-12-10-11(17-2)15-13(14)16-12/h10H,3-9H2,1-2H3,(H2,14,15,16). The van der Waals surface area contributed by atoms with Crippen molar-refractivity contribution in [2.75, 3.05) is 19.5 Å². The van der Waals surface area contributed by atoms with E-state index in [2.05, 4.69) is 16.9 Å². The van der Waals surface area contributed by atoms with Gasteiger partial charge in [-0.3, -0.25) is 0 Å². The molecule has 0 aromatic carbocycles. The van der Waals surface area contributed by atoms with Crippen LogP contribution in [-0.2, 0) is 0 Å². The van der Waals surface area contributed by atoms with Crippen LogP contribution in [0.3, 0.4) is 0 Å². The number of aromatic nitrogens is 2. The predicted molar refractivity (Wildman–Crippen MR) is 71.9 cm³/mol. The molecular weight excluding hydrogens is 230 g/mol. The van der Waals surface area contributed by atoms with Crippen LogP contribution in [0.2, 0.25) is 0 Å². The molecule has 0 atom stereocenters. The molecule has 0 fully saturated rings. The van der Waals surface area contributed by atoms with E-state index in [1.807, 2.05) is 0 Å². The van der Waals surface area contributed by atoms with E-state index >= 15 is 0 Å². The molecule has 5 nitrogen and oxygen atoms in total. The highest BCUT2D eigenvalue weighted by Gasteiger charge is 2.03. The first kappa shape index (κ1) is 14.5. The van der Waals surface area contributed by atoms with Crippen LogP contribution in [0, 0.1) is 0 Å². The zero-order chi connectivity index (χ0) is 13.2. The van der Waals surface area contributed by atoms with Gasteiger partial charge in [0.25, 0.3) is 0 Å². The van der Waals surface area contributed by atoms with Crippen LogP contribution in [0.4, 0.5) is 5.95 Å². The van der Waals surface area contributed by atoms with Crippen molar-refractivity contribution in [3.05, 3.63) is 6.07 Å². The van der Waals surface area contributed by atoms with Crippen LogP contribution in [-0.4, -0.2) is 23.7 Å². The summed E-state index contributed by atoms with van der Waals surface area (Å²) in [7, 11) is 1.54. The SMILES string of the molecule is CCCCCCCCOc1cc(OC)nc(N)n1. The van der Waals surface area contributed by atoms with Gasteiger partial charge >= 0.3 is 0 Å². The molecule has 0 amide bonds. The third-order valence-electron chi connectivity index (χ3n) is 2.65. The molecule has 0 aliphatic rings. The average molecular weight is 253 g/mol. The average Bonchev–Trinajstić information content (AvgIpc) is 2.37. The van der Waals surface area contributed by atoms with Crippen LogP contribution in [0.1, 0.15) is 45.4 Å². The predicted octanol–water partition coefficient (Wildman–Crippen LogP) is 2.81. The molecular formula is C13H23N3O2. The molecule has 1 heterocycles. The smallest absolute Gasteiger partial charge is 0.226 e. The van der Waals surface area contributed by atoms with Crippen molar-refractivity contribution < 1.29 is 9.47 Å². The third-order valence-corrected chi connectivity index (χ3v) is 2.65. The summed E-state index contributed by atoms with van der Waals surface area (Å²) >= 11 is 0. The molecule has 1 rings (SSSR count). The summed E-state index contributed by atoms with van der Waals surface area (Å²) in [5, 5.41) is 0. The normalized spacial score (nSPS) is 10.3. The Kier molecular flexibility index (Phi) is 6.91. The molecule has 2 N–H and O–H groups in total. The fourth-order valence-electron chi connectivity index (χ4n) is 1.66. The van der Waals surface area contributed by atoms with Crippen LogP contribution in [0.25, 0.3) is 0 Å². The highest BCUT2D eigenvalue weighted by Crippen LogP contribution is 2.16. The Morgan fingerprint density at radius 1 is 1.06 bits per heavy atom. The van der Waals surface area contributed by atoms with Crippen molar-refractivity contribution in [2.45, 2.75) is 45.4 Å². The molecule has 0 bridgehead atoms. The maximum Gasteiger partial charge on any atom is 0.226 e. The largest absolute Gasteiger partial charge is 0.481 e. The van der Waals surface area contributed by atoms with E-state index < -0.39 is 0 Å². The lowest BCUT2D eigenvalue weighted by molar-refractivity contribution is 0.290. The van der Waals surface area contributed by atoms with Gasteiger partial charge in [0.2, 0.25) is 17.7 Å². The number of nitrogens with zero attached hydrogens (tertiary/aromatic N) is 2. The second-order valence-electron chi connectivity index (χ2n) is 4.22. The minimum atomic E-state index is 0.173. The summed E-state index contributed by atoms with van der Waals surface area (Å²) in [6.07, 6.45) is 7.40. The zero-order valence-corrected chi connectivity index (χ0v) is 11.3. The van der Waals surface area contributed by atoms with Crippen LogP contribution in [0.5, 0.6) is 11.8 Å². The number of ether oxygens (including phenoxy) is 2. The molecule has 0 saturated carbocycles. The number of nitrogens with two attached hydrogens (primary N) is 1. The molecule has 0 aliphatic heterocycles. The second kappa shape index (κ2) is 8.55. The monoisotopic (exact) mass is 253 g/mol. The third kappa shape index (κ3) is 5.70. The van der Waals surface area contributed by atoms with Gasteiger partial charge in [-0.1, -0.05) is 39.0 Å². The first-order valence-electron chi connectivity index (χ1n) is 6.57. The van der Waals surface area contributed by atoms with E-state index in [-0.39, 0.29) is 5.95 Å². The molecule has 0 radical (unpaired) electrons. The zero-order valence-electron chi connectivity index (χ0n) is 11.3. The Hall–Kier alpha value is -1.52. The fraction of sp³-hybridized carbons (Fsp3) is 0.692. The van der Waals surface area contributed by atoms with Gasteiger partial charge in [-0.15, -0.1) is 0 Å². The topological polar surface area (TPSA) is 70.3 Å². The molecule has 0 aliphatic carbocycles. The number of rotatable bonds is 9. The van der Waals surface area contributed by atoms with Crippen molar-refractivity contribution in [2.24, 2.45) is 0 Å². The van der Waals surface area contributed by atoms with Gasteiger partial charge in [0.1, 0.15) is 0 Å². The summed E-state index contributed by atoms with van der Waals surface area (Å²) in [6.45, 7) is 2.88. The van der Waals surface area contributed by atoms with E-state index in [4.69, 9.17) is 15.2 Å². The van der Waals surface area contributed by atoms with Gasteiger partial charge in [-0.2, -0.15) is 9.97 Å². The molecule has 0 saturated heterocycles. The minimum absolute atomic E-state index is 0.173. The summed E-state index contributed by atoms with van der Waals surface area (Å²) in [5.41, 5.74) is 5.54. The number of nitrogen functional groups attached to an aromatic ring is 1. The van der Waals surface area contributed by atoms with Gasteiger partial charge < -0.3 is 15.2 Å². The van der Waals surface area contributed by atoms with E-state index in [9.17, 15) is 0 Å². The molecule has 5 heteroatoms. The maximum atomic E-state index is 5.54. The van der Waals surface area contributed by atoms with Gasteiger partial charge in [0.05, 0.1) is 19.8 Å². The van der Waals surface area contributed by atoms with Crippen molar-refractivity contribution in [3.8, 4) is 11.8 Å². The van der Waals surface area contributed by atoms with Crippen molar-refractivity contribution in [1.29, 1.82) is 0 Å². The second-order valence-corrected chi connectivity index (χ2v) is 4.22. The lowest BCUT2D eigenvalue weighted by Crippen LogP contribution is -2.03. The van der Waals surface area contributed by atoms with Crippen molar-refractivity contribution in [1.82, 2.24) is 9.97 Å². The number of anilines is 1. The summed E-state index contributed by atoms with van der Waals surface area (Å²) in [6, 6.07) is 1.65. The maximum absolute atomic E-state index is 5.54. The number of methoxy groups -OCH3 is 1. The van der Waals surface area contributed by atoms with Crippen LogP contribution >= 0.6 is 0 Å².